The third kappa shape index (κ3) is 3.35. The molecule has 1 amide bonds. The van der Waals surface area contributed by atoms with Crippen LogP contribution in [0.3, 0.4) is 0 Å². The van der Waals surface area contributed by atoms with Crippen LogP contribution < -0.4 is 5.56 Å². The molecule has 1 aliphatic carbocycles. The zero-order chi connectivity index (χ0) is 19.5. The molecule has 0 atom stereocenters. The molecule has 0 bridgehead atoms. The van der Waals surface area contributed by atoms with Crippen molar-refractivity contribution < 1.29 is 4.79 Å². The Balaban J connectivity index is 1.63. The van der Waals surface area contributed by atoms with Crippen molar-refractivity contribution in [2.24, 2.45) is 0 Å². The summed E-state index contributed by atoms with van der Waals surface area (Å²) in [6.07, 6.45) is 9.27. The third-order valence-electron chi connectivity index (χ3n) is 5.09. The number of benzene rings is 1. The topological polar surface area (TPSA) is 73.0 Å². The zero-order valence-electron chi connectivity index (χ0n) is 15.9. The molecule has 1 aromatic carbocycles. The monoisotopic (exact) mass is 377 g/mol. The van der Waals surface area contributed by atoms with E-state index in [0.29, 0.717) is 17.6 Å². The molecular formula is C21H23N5O2. The fourth-order valence-electron chi connectivity index (χ4n) is 3.66. The number of carbonyl (C=O) groups excluding carboxylic acids is 1. The Bertz CT molecular complexity index is 1080. The summed E-state index contributed by atoms with van der Waals surface area (Å²) >= 11 is 0. The molecule has 144 valence electrons. The van der Waals surface area contributed by atoms with Crippen LogP contribution in [-0.2, 0) is 11.3 Å². The first-order chi connectivity index (χ1) is 13.7. The molecule has 7 heteroatoms. The van der Waals surface area contributed by atoms with Gasteiger partial charge >= 0.3 is 0 Å². The lowest BCUT2D eigenvalue weighted by molar-refractivity contribution is -0.130. The van der Waals surface area contributed by atoms with Crippen LogP contribution in [0.25, 0.3) is 16.7 Å². The maximum Gasteiger partial charge on any atom is 0.264 e. The van der Waals surface area contributed by atoms with Gasteiger partial charge in [0.15, 0.2) is 5.65 Å². The average molecular weight is 377 g/mol. The van der Waals surface area contributed by atoms with Gasteiger partial charge in [0, 0.05) is 12.2 Å². The van der Waals surface area contributed by atoms with Crippen molar-refractivity contribution in [1.29, 1.82) is 0 Å². The molecule has 0 aliphatic heterocycles. The number of hydrogen-bond acceptors (Lipinski definition) is 4. The number of allylic oxidation sites excluding steroid dienone is 2. The van der Waals surface area contributed by atoms with E-state index in [4.69, 9.17) is 0 Å². The molecule has 0 spiro atoms. The highest BCUT2D eigenvalue weighted by Gasteiger charge is 2.20. The van der Waals surface area contributed by atoms with Gasteiger partial charge in [-0.05, 0) is 44.7 Å². The van der Waals surface area contributed by atoms with Crippen molar-refractivity contribution in [3.8, 4) is 5.69 Å². The van der Waals surface area contributed by atoms with Crippen LogP contribution in [0.4, 0.5) is 0 Å². The largest absolute Gasteiger partial charge is 0.315 e. The molecular weight excluding hydrogens is 354 g/mol. The second-order valence-corrected chi connectivity index (χ2v) is 6.89. The second-order valence-electron chi connectivity index (χ2n) is 6.89. The van der Waals surface area contributed by atoms with E-state index in [-0.39, 0.29) is 18.0 Å². The Morgan fingerprint density at radius 2 is 2.04 bits per heavy atom. The van der Waals surface area contributed by atoms with Gasteiger partial charge in [-0.15, -0.1) is 0 Å². The molecule has 4 rings (SSSR count). The molecule has 0 N–H and O–H groups in total. The summed E-state index contributed by atoms with van der Waals surface area (Å²) in [4.78, 5) is 31.9. The van der Waals surface area contributed by atoms with E-state index in [0.717, 1.165) is 30.6 Å². The molecule has 3 aromatic rings. The number of hydrogen-bond donors (Lipinski definition) is 0. The first-order valence-corrected chi connectivity index (χ1v) is 9.67. The number of nitrogens with zero attached hydrogens (tertiary/aromatic N) is 5. The summed E-state index contributed by atoms with van der Waals surface area (Å²) in [5.41, 5.74) is 2.13. The minimum atomic E-state index is -0.255. The molecule has 28 heavy (non-hydrogen) atoms. The van der Waals surface area contributed by atoms with Crippen LogP contribution in [-0.4, -0.2) is 36.7 Å². The van der Waals surface area contributed by atoms with Crippen molar-refractivity contribution in [3.05, 3.63) is 65.0 Å². The fourth-order valence-corrected chi connectivity index (χ4v) is 3.66. The summed E-state index contributed by atoms with van der Waals surface area (Å²) in [7, 11) is 0. The Kier molecular flexibility index (Phi) is 5.06. The first-order valence-electron chi connectivity index (χ1n) is 9.67. The normalized spacial score (nSPS) is 14.1. The van der Waals surface area contributed by atoms with Crippen LogP contribution in [0.1, 0.15) is 32.6 Å². The van der Waals surface area contributed by atoms with E-state index >= 15 is 0 Å². The molecule has 0 saturated carbocycles. The van der Waals surface area contributed by atoms with Crippen LogP contribution in [0.5, 0.6) is 0 Å². The lowest BCUT2D eigenvalue weighted by Crippen LogP contribution is -2.36. The van der Waals surface area contributed by atoms with Crippen molar-refractivity contribution in [3.63, 3.8) is 0 Å². The number of fused-ring (bicyclic) bond motifs is 1. The lowest BCUT2D eigenvalue weighted by Gasteiger charge is -2.26. The van der Waals surface area contributed by atoms with Crippen LogP contribution in [0, 0.1) is 0 Å². The predicted octanol–water partition coefficient (Wildman–Crippen LogP) is 2.89. The van der Waals surface area contributed by atoms with Gasteiger partial charge in [-0.3, -0.25) is 14.2 Å². The van der Waals surface area contributed by atoms with Gasteiger partial charge in [-0.1, -0.05) is 24.3 Å². The molecule has 2 aromatic heterocycles. The molecule has 7 nitrogen and oxygen atoms in total. The Hall–Kier alpha value is -3.22. The van der Waals surface area contributed by atoms with Crippen molar-refractivity contribution in [2.45, 2.75) is 39.2 Å². The summed E-state index contributed by atoms with van der Waals surface area (Å²) in [6, 6.07) is 9.53. The SMILES string of the molecule is CCN(C(=O)Cn1cnc2c(cnn2-c2ccccc2)c1=O)C1=CCCCC1. The van der Waals surface area contributed by atoms with E-state index in [1.807, 2.05) is 37.3 Å². The molecule has 1 aliphatic rings. The molecule has 0 saturated heterocycles. The minimum Gasteiger partial charge on any atom is -0.315 e. The summed E-state index contributed by atoms with van der Waals surface area (Å²) < 4.78 is 3.00. The predicted molar refractivity (Wildman–Crippen MR) is 107 cm³/mol. The zero-order valence-corrected chi connectivity index (χ0v) is 15.9. The number of likely N-dealkylation sites (N-methyl/N-ethyl adjacent to an activating group) is 1. The van der Waals surface area contributed by atoms with Gasteiger partial charge in [0.1, 0.15) is 18.3 Å². The summed E-state index contributed by atoms with van der Waals surface area (Å²) in [5, 5.41) is 4.71. The maximum atomic E-state index is 12.9. The first kappa shape index (κ1) is 18.2. The number of amides is 1. The molecule has 0 unspecified atom stereocenters. The molecule has 2 heterocycles. The number of carbonyl (C=O) groups is 1. The fraction of sp³-hybridized carbons (Fsp3) is 0.333. The van der Waals surface area contributed by atoms with Crippen molar-refractivity contribution in [1.82, 2.24) is 24.2 Å². The maximum absolute atomic E-state index is 12.9. The van der Waals surface area contributed by atoms with Gasteiger partial charge in [0.05, 0.1) is 11.9 Å². The molecule has 0 radical (unpaired) electrons. The third-order valence-corrected chi connectivity index (χ3v) is 5.09. The summed E-state index contributed by atoms with van der Waals surface area (Å²) in [5.74, 6) is -0.0886. The van der Waals surface area contributed by atoms with Gasteiger partial charge in [-0.2, -0.15) is 5.10 Å². The van der Waals surface area contributed by atoms with Crippen LogP contribution in [0.2, 0.25) is 0 Å². The average Bonchev–Trinajstić information content (AvgIpc) is 3.17. The number of aromatic nitrogens is 4. The quantitative estimate of drug-likeness (QED) is 0.685. The Morgan fingerprint density at radius 3 is 2.75 bits per heavy atom. The smallest absolute Gasteiger partial charge is 0.264 e. The van der Waals surface area contributed by atoms with Gasteiger partial charge < -0.3 is 4.90 Å². The highest BCUT2D eigenvalue weighted by molar-refractivity contribution is 5.79. The highest BCUT2D eigenvalue weighted by Crippen LogP contribution is 2.21. The van der Waals surface area contributed by atoms with E-state index < -0.39 is 0 Å². The minimum absolute atomic E-state index is 0.0243. The Labute approximate surface area is 162 Å². The van der Waals surface area contributed by atoms with Gasteiger partial charge in [0.25, 0.3) is 5.56 Å². The van der Waals surface area contributed by atoms with E-state index in [2.05, 4.69) is 16.2 Å². The highest BCUT2D eigenvalue weighted by atomic mass is 16.2. The lowest BCUT2D eigenvalue weighted by atomic mass is 10.0. The van der Waals surface area contributed by atoms with E-state index in [9.17, 15) is 9.59 Å². The van der Waals surface area contributed by atoms with Crippen LogP contribution in [0.15, 0.2) is 59.4 Å². The van der Waals surface area contributed by atoms with Crippen LogP contribution >= 0.6 is 0 Å². The molecule has 0 fully saturated rings. The Morgan fingerprint density at radius 1 is 1.21 bits per heavy atom. The number of rotatable bonds is 5. The standard InChI is InChI=1S/C21H23N5O2/c1-2-25(16-9-5-3-6-10-16)19(27)14-24-15-22-20-18(21(24)28)13-23-26(20)17-11-7-4-8-12-17/h4,7-9,11-13,15H,2-3,5-6,10,14H2,1H3. The van der Waals surface area contributed by atoms with Gasteiger partial charge in [-0.25, -0.2) is 9.67 Å². The van der Waals surface area contributed by atoms with E-state index in [1.54, 1.807) is 9.58 Å². The second kappa shape index (κ2) is 7.80. The van der Waals surface area contributed by atoms with Crippen molar-refractivity contribution in [2.75, 3.05) is 6.54 Å². The summed E-state index contributed by atoms with van der Waals surface area (Å²) in [6.45, 7) is 2.53. The van der Waals surface area contributed by atoms with Crippen molar-refractivity contribution >= 4 is 16.9 Å². The van der Waals surface area contributed by atoms with E-state index in [1.165, 1.54) is 23.5 Å². The van der Waals surface area contributed by atoms with Gasteiger partial charge in [0.2, 0.25) is 5.91 Å². The number of para-hydroxylation sites is 1.